The average molecular weight is 163 g/mol. The van der Waals surface area contributed by atoms with Crippen LogP contribution in [0.15, 0.2) is 12.5 Å². The number of hydrogen-bond donors (Lipinski definition) is 0. The average Bonchev–Trinajstić information content (AvgIpc) is 2.33. The number of alkyl halides is 1. The Morgan fingerprint density at radius 3 is 2.50 bits per heavy atom. The molecule has 0 atom stereocenters. The zero-order chi connectivity index (χ0) is 7.45. The lowest BCUT2D eigenvalue weighted by molar-refractivity contribution is -0.130. The van der Waals surface area contributed by atoms with Crippen LogP contribution in [0.5, 0.6) is 0 Å². The van der Waals surface area contributed by atoms with Crippen LogP contribution in [0.4, 0.5) is 0 Å². The molecule has 0 N–H and O–H groups in total. The van der Waals surface area contributed by atoms with E-state index in [4.69, 9.17) is 21.1 Å². The molecule has 1 aliphatic rings. The Bertz CT molecular complexity index is 126. The molecule has 0 saturated carbocycles. The SMILES string of the molecule is CC1(CCCCl)OC=CO1. The van der Waals surface area contributed by atoms with Crippen LogP contribution < -0.4 is 0 Å². The normalized spacial score (nSPS) is 20.2. The molecule has 1 heterocycles. The van der Waals surface area contributed by atoms with Gasteiger partial charge in [0.1, 0.15) is 12.5 Å². The maximum atomic E-state index is 5.51. The summed E-state index contributed by atoms with van der Waals surface area (Å²) in [7, 11) is 0. The molecule has 0 radical (unpaired) electrons. The van der Waals surface area contributed by atoms with Gasteiger partial charge >= 0.3 is 0 Å². The van der Waals surface area contributed by atoms with Gasteiger partial charge in [0, 0.05) is 19.2 Å². The molecule has 2 nitrogen and oxygen atoms in total. The first-order chi connectivity index (χ1) is 4.77. The molecule has 0 fully saturated rings. The number of ether oxygens (including phenoxy) is 2. The zero-order valence-electron chi connectivity index (χ0n) is 5.97. The highest BCUT2D eigenvalue weighted by molar-refractivity contribution is 6.17. The maximum absolute atomic E-state index is 5.51. The van der Waals surface area contributed by atoms with Crippen LogP contribution in [0.1, 0.15) is 19.8 Å². The van der Waals surface area contributed by atoms with Crippen molar-refractivity contribution >= 4 is 11.6 Å². The number of hydrogen-bond acceptors (Lipinski definition) is 2. The van der Waals surface area contributed by atoms with Crippen LogP contribution >= 0.6 is 11.6 Å². The molecule has 0 spiro atoms. The lowest BCUT2D eigenvalue weighted by Crippen LogP contribution is -2.24. The minimum absolute atomic E-state index is 0.450. The van der Waals surface area contributed by atoms with Crippen molar-refractivity contribution in [2.75, 3.05) is 5.88 Å². The first-order valence-corrected chi connectivity index (χ1v) is 3.87. The second-order valence-corrected chi connectivity index (χ2v) is 2.81. The topological polar surface area (TPSA) is 18.5 Å². The Balaban J connectivity index is 2.24. The smallest absolute Gasteiger partial charge is 0.247 e. The largest absolute Gasteiger partial charge is 0.457 e. The minimum atomic E-state index is -0.450. The summed E-state index contributed by atoms with van der Waals surface area (Å²) < 4.78 is 10.4. The van der Waals surface area contributed by atoms with Gasteiger partial charge in [0.05, 0.1) is 0 Å². The second-order valence-electron chi connectivity index (χ2n) is 2.43. The Morgan fingerprint density at radius 1 is 1.40 bits per heavy atom. The molecule has 0 aromatic heterocycles. The van der Waals surface area contributed by atoms with Gasteiger partial charge in [0.2, 0.25) is 5.79 Å². The molecule has 0 amide bonds. The van der Waals surface area contributed by atoms with Crippen LogP contribution in [-0.4, -0.2) is 11.7 Å². The van der Waals surface area contributed by atoms with Crippen LogP contribution in [0.2, 0.25) is 0 Å². The van der Waals surface area contributed by atoms with Crippen LogP contribution in [-0.2, 0) is 9.47 Å². The summed E-state index contributed by atoms with van der Waals surface area (Å²) >= 11 is 5.51. The molecule has 0 saturated heterocycles. The summed E-state index contributed by atoms with van der Waals surface area (Å²) in [6.07, 6.45) is 4.88. The Hall–Kier alpha value is -0.370. The molecule has 0 bridgehead atoms. The molecule has 10 heavy (non-hydrogen) atoms. The summed E-state index contributed by atoms with van der Waals surface area (Å²) in [5.74, 6) is 0.206. The van der Waals surface area contributed by atoms with Gasteiger partial charge in [-0.3, -0.25) is 0 Å². The van der Waals surface area contributed by atoms with E-state index in [1.807, 2.05) is 6.92 Å². The molecule has 58 valence electrons. The highest BCUT2D eigenvalue weighted by Gasteiger charge is 2.27. The molecular weight excluding hydrogens is 152 g/mol. The molecule has 0 aromatic carbocycles. The summed E-state index contributed by atoms with van der Waals surface area (Å²) in [6.45, 7) is 1.90. The van der Waals surface area contributed by atoms with Crippen LogP contribution in [0.25, 0.3) is 0 Å². The fourth-order valence-electron chi connectivity index (χ4n) is 0.877. The molecule has 1 aliphatic heterocycles. The number of halogens is 1. The van der Waals surface area contributed by atoms with Gasteiger partial charge in [0.25, 0.3) is 0 Å². The van der Waals surface area contributed by atoms with E-state index in [1.165, 1.54) is 0 Å². The van der Waals surface area contributed by atoms with Crippen molar-refractivity contribution in [2.24, 2.45) is 0 Å². The van der Waals surface area contributed by atoms with Gasteiger partial charge in [-0.2, -0.15) is 0 Å². The third-order valence-electron chi connectivity index (χ3n) is 1.45. The van der Waals surface area contributed by atoms with E-state index in [0.717, 1.165) is 12.8 Å². The summed E-state index contributed by atoms with van der Waals surface area (Å²) in [5, 5.41) is 0. The second kappa shape index (κ2) is 3.15. The lowest BCUT2D eigenvalue weighted by atomic mass is 10.2. The van der Waals surface area contributed by atoms with Crippen molar-refractivity contribution in [1.82, 2.24) is 0 Å². The number of rotatable bonds is 3. The van der Waals surface area contributed by atoms with Gasteiger partial charge < -0.3 is 9.47 Å². The van der Waals surface area contributed by atoms with Crippen molar-refractivity contribution in [3.05, 3.63) is 12.5 Å². The summed E-state index contributed by atoms with van der Waals surface area (Å²) in [6, 6.07) is 0. The van der Waals surface area contributed by atoms with Gasteiger partial charge in [-0.25, -0.2) is 0 Å². The predicted octanol–water partition coefficient (Wildman–Crippen LogP) is 2.24. The summed E-state index contributed by atoms with van der Waals surface area (Å²) in [4.78, 5) is 0. The van der Waals surface area contributed by atoms with E-state index in [1.54, 1.807) is 12.5 Å². The molecular formula is C7H11ClO2. The van der Waals surface area contributed by atoms with E-state index in [2.05, 4.69) is 0 Å². The van der Waals surface area contributed by atoms with Crippen molar-refractivity contribution in [2.45, 2.75) is 25.6 Å². The van der Waals surface area contributed by atoms with Gasteiger partial charge in [-0.1, -0.05) is 0 Å². The van der Waals surface area contributed by atoms with Crippen molar-refractivity contribution in [3.8, 4) is 0 Å². The molecule has 1 rings (SSSR count). The fourth-order valence-corrected chi connectivity index (χ4v) is 1.01. The van der Waals surface area contributed by atoms with Crippen molar-refractivity contribution < 1.29 is 9.47 Å². The Kier molecular flexibility index (Phi) is 2.44. The van der Waals surface area contributed by atoms with Gasteiger partial charge in [0.15, 0.2) is 0 Å². The molecule has 0 unspecified atom stereocenters. The molecule has 3 heteroatoms. The standard InChI is InChI=1S/C7H11ClO2/c1-7(3-2-4-8)9-5-6-10-7/h5-6H,2-4H2,1H3. The van der Waals surface area contributed by atoms with Crippen molar-refractivity contribution in [3.63, 3.8) is 0 Å². The van der Waals surface area contributed by atoms with Gasteiger partial charge in [-0.15, -0.1) is 11.6 Å². The third kappa shape index (κ3) is 1.81. The maximum Gasteiger partial charge on any atom is 0.247 e. The van der Waals surface area contributed by atoms with Crippen LogP contribution in [0.3, 0.4) is 0 Å². The van der Waals surface area contributed by atoms with E-state index in [9.17, 15) is 0 Å². The molecule has 0 aromatic rings. The highest BCUT2D eigenvalue weighted by atomic mass is 35.5. The first-order valence-electron chi connectivity index (χ1n) is 3.33. The third-order valence-corrected chi connectivity index (χ3v) is 1.72. The Morgan fingerprint density at radius 2 is 2.00 bits per heavy atom. The molecule has 0 aliphatic carbocycles. The van der Waals surface area contributed by atoms with Crippen molar-refractivity contribution in [1.29, 1.82) is 0 Å². The minimum Gasteiger partial charge on any atom is -0.457 e. The Labute approximate surface area is 65.8 Å². The predicted molar refractivity (Wildman–Crippen MR) is 39.7 cm³/mol. The fraction of sp³-hybridized carbons (Fsp3) is 0.714. The first kappa shape index (κ1) is 7.73. The van der Waals surface area contributed by atoms with E-state index in [0.29, 0.717) is 5.88 Å². The monoisotopic (exact) mass is 162 g/mol. The van der Waals surface area contributed by atoms with Crippen LogP contribution in [0, 0.1) is 0 Å². The van der Waals surface area contributed by atoms with E-state index < -0.39 is 5.79 Å². The summed E-state index contributed by atoms with van der Waals surface area (Å²) in [5.41, 5.74) is 0. The zero-order valence-corrected chi connectivity index (χ0v) is 6.73. The van der Waals surface area contributed by atoms with E-state index in [-0.39, 0.29) is 0 Å². The van der Waals surface area contributed by atoms with E-state index >= 15 is 0 Å². The van der Waals surface area contributed by atoms with Gasteiger partial charge in [-0.05, 0) is 6.42 Å². The quantitative estimate of drug-likeness (QED) is 0.593. The lowest BCUT2D eigenvalue weighted by Gasteiger charge is -2.21. The highest BCUT2D eigenvalue weighted by Crippen LogP contribution is 2.24.